The van der Waals surface area contributed by atoms with Gasteiger partial charge in [0.2, 0.25) is 0 Å². The van der Waals surface area contributed by atoms with Gasteiger partial charge in [-0.15, -0.1) is 0 Å². The van der Waals surface area contributed by atoms with E-state index in [-0.39, 0.29) is 6.10 Å². The maximum Gasteiger partial charge on any atom is 0.173 e. The van der Waals surface area contributed by atoms with Crippen LogP contribution in [-0.2, 0) is 0 Å². The van der Waals surface area contributed by atoms with E-state index >= 15 is 0 Å². The Morgan fingerprint density at radius 3 is 2.57 bits per heavy atom. The second-order valence-electron chi connectivity index (χ2n) is 6.91. The molecule has 0 aliphatic carbocycles. The second kappa shape index (κ2) is 9.57. The monoisotopic (exact) mass is 422 g/mol. The first-order valence-electron chi connectivity index (χ1n) is 9.44. The van der Waals surface area contributed by atoms with Gasteiger partial charge in [-0.1, -0.05) is 42.1 Å². The lowest BCUT2D eigenvalue weighted by atomic mass is 9.95. The SMILES string of the molecule is C=C/C(Cl)=C\C(=C)c1onc(-c2ccc(OC(C)C)cc2)c1C(O)c1cccnc1. The highest BCUT2D eigenvalue weighted by Crippen LogP contribution is 2.37. The highest BCUT2D eigenvalue weighted by atomic mass is 35.5. The summed E-state index contributed by atoms with van der Waals surface area (Å²) in [6.45, 7) is 11.6. The largest absolute Gasteiger partial charge is 0.491 e. The summed E-state index contributed by atoms with van der Waals surface area (Å²) in [5, 5.41) is 15.8. The topological polar surface area (TPSA) is 68.4 Å². The first-order chi connectivity index (χ1) is 14.4. The minimum atomic E-state index is -1.02. The van der Waals surface area contributed by atoms with Crippen LogP contribution in [0.15, 0.2) is 83.7 Å². The third-order valence-corrected chi connectivity index (χ3v) is 4.56. The van der Waals surface area contributed by atoms with Crippen LogP contribution in [0, 0.1) is 0 Å². The van der Waals surface area contributed by atoms with Crippen LogP contribution in [0.1, 0.15) is 36.8 Å². The highest BCUT2D eigenvalue weighted by molar-refractivity contribution is 6.31. The number of aliphatic hydroxyl groups is 1. The second-order valence-corrected chi connectivity index (χ2v) is 7.35. The molecule has 2 heterocycles. The number of pyridine rings is 1. The number of aliphatic hydroxyl groups excluding tert-OH is 1. The standard InChI is InChI=1S/C24H23ClN2O3/c1-5-19(25)13-16(4)24-21(23(28)18-7-6-12-26-14-18)22(27-30-24)17-8-10-20(11-9-17)29-15(2)3/h5-15,23,28H,1,4H2,2-3H3/b19-13+. The molecule has 1 N–H and O–H groups in total. The third-order valence-electron chi connectivity index (χ3n) is 4.30. The van der Waals surface area contributed by atoms with E-state index < -0.39 is 6.10 Å². The van der Waals surface area contributed by atoms with Crippen LogP contribution in [0.25, 0.3) is 16.8 Å². The molecule has 1 atom stereocenters. The molecule has 0 spiro atoms. The predicted molar refractivity (Wildman–Crippen MR) is 119 cm³/mol. The number of hydrogen-bond donors (Lipinski definition) is 1. The van der Waals surface area contributed by atoms with Gasteiger partial charge in [-0.3, -0.25) is 4.98 Å². The summed E-state index contributed by atoms with van der Waals surface area (Å²) in [6, 6.07) is 11.0. The van der Waals surface area contributed by atoms with E-state index in [9.17, 15) is 5.11 Å². The molecule has 5 nitrogen and oxygen atoms in total. The van der Waals surface area contributed by atoms with E-state index in [0.717, 1.165) is 11.3 Å². The van der Waals surface area contributed by atoms with Crippen LogP contribution in [0.4, 0.5) is 0 Å². The minimum Gasteiger partial charge on any atom is -0.491 e. The Morgan fingerprint density at radius 1 is 1.23 bits per heavy atom. The summed E-state index contributed by atoms with van der Waals surface area (Å²) < 4.78 is 11.3. The van der Waals surface area contributed by atoms with Crippen molar-refractivity contribution in [3.05, 3.63) is 96.0 Å². The molecule has 30 heavy (non-hydrogen) atoms. The van der Waals surface area contributed by atoms with E-state index in [0.29, 0.717) is 33.2 Å². The van der Waals surface area contributed by atoms with Crippen molar-refractivity contribution in [3.63, 3.8) is 0 Å². The fourth-order valence-electron chi connectivity index (χ4n) is 2.95. The molecular weight excluding hydrogens is 400 g/mol. The van der Waals surface area contributed by atoms with Gasteiger partial charge in [0.05, 0.1) is 11.7 Å². The van der Waals surface area contributed by atoms with Gasteiger partial charge < -0.3 is 14.4 Å². The van der Waals surface area contributed by atoms with Crippen LogP contribution >= 0.6 is 11.6 Å². The maximum absolute atomic E-state index is 11.1. The number of nitrogens with zero attached hydrogens (tertiary/aromatic N) is 2. The third kappa shape index (κ3) is 4.87. The molecule has 0 radical (unpaired) electrons. The first-order valence-corrected chi connectivity index (χ1v) is 9.82. The summed E-state index contributed by atoms with van der Waals surface area (Å²) >= 11 is 6.08. The van der Waals surface area contributed by atoms with Crippen molar-refractivity contribution in [3.8, 4) is 17.0 Å². The molecule has 0 bridgehead atoms. The predicted octanol–water partition coefficient (Wildman–Crippen LogP) is 5.93. The number of halogens is 1. The smallest absolute Gasteiger partial charge is 0.173 e. The van der Waals surface area contributed by atoms with Crippen molar-refractivity contribution in [1.82, 2.24) is 10.1 Å². The molecule has 0 saturated carbocycles. The van der Waals surface area contributed by atoms with Crippen molar-refractivity contribution in [2.75, 3.05) is 0 Å². The fraction of sp³-hybridized carbons (Fsp3) is 0.167. The molecule has 0 saturated heterocycles. The molecule has 0 aliphatic heterocycles. The molecule has 6 heteroatoms. The lowest BCUT2D eigenvalue weighted by molar-refractivity contribution is 0.218. The Hall–Kier alpha value is -3.15. The van der Waals surface area contributed by atoms with E-state index in [4.69, 9.17) is 20.9 Å². The number of rotatable bonds is 8. The Balaban J connectivity index is 2.09. The molecule has 0 aliphatic rings. The minimum absolute atomic E-state index is 0.0715. The first kappa shape index (κ1) is 21.6. The van der Waals surface area contributed by atoms with Gasteiger partial charge in [0.25, 0.3) is 0 Å². The van der Waals surface area contributed by atoms with E-state index in [1.165, 1.54) is 6.08 Å². The molecular formula is C24H23ClN2O3. The van der Waals surface area contributed by atoms with Crippen molar-refractivity contribution in [2.45, 2.75) is 26.1 Å². The zero-order chi connectivity index (χ0) is 21.7. The van der Waals surface area contributed by atoms with Crippen molar-refractivity contribution in [2.24, 2.45) is 0 Å². The number of hydrogen-bond acceptors (Lipinski definition) is 5. The summed E-state index contributed by atoms with van der Waals surface area (Å²) in [4.78, 5) is 4.10. The number of benzene rings is 1. The lowest BCUT2D eigenvalue weighted by Crippen LogP contribution is -2.05. The van der Waals surface area contributed by atoms with Crippen molar-refractivity contribution >= 4 is 17.2 Å². The average Bonchev–Trinajstić information content (AvgIpc) is 3.19. The average molecular weight is 423 g/mol. The Kier molecular flexibility index (Phi) is 6.87. The Morgan fingerprint density at radius 2 is 1.97 bits per heavy atom. The summed E-state index contributed by atoms with van der Waals surface area (Å²) in [7, 11) is 0. The van der Waals surface area contributed by atoms with Gasteiger partial charge in [-0.25, -0.2) is 0 Å². The van der Waals surface area contributed by atoms with Gasteiger partial charge in [-0.2, -0.15) is 0 Å². The molecule has 1 aromatic carbocycles. The molecule has 154 valence electrons. The number of allylic oxidation sites excluding steroid dienone is 4. The van der Waals surface area contributed by atoms with Gasteiger partial charge in [0, 0.05) is 34.1 Å². The summed E-state index contributed by atoms with van der Waals surface area (Å²) in [6.07, 6.45) is 5.40. The fourth-order valence-corrected chi connectivity index (χ4v) is 3.08. The molecule has 0 fully saturated rings. The summed E-state index contributed by atoms with van der Waals surface area (Å²) in [5.41, 5.74) is 2.83. The Labute approximate surface area is 181 Å². The molecule has 3 rings (SSSR count). The van der Waals surface area contributed by atoms with Gasteiger partial charge in [-0.05, 0) is 50.3 Å². The Bertz CT molecular complexity index is 1050. The van der Waals surface area contributed by atoms with Crippen LogP contribution in [0.3, 0.4) is 0 Å². The lowest BCUT2D eigenvalue weighted by Gasteiger charge is -2.13. The van der Waals surface area contributed by atoms with Gasteiger partial charge in [0.15, 0.2) is 5.76 Å². The molecule has 3 aromatic rings. The van der Waals surface area contributed by atoms with E-state index in [1.807, 2.05) is 38.1 Å². The number of aromatic nitrogens is 2. The molecule has 0 amide bonds. The van der Waals surface area contributed by atoms with Gasteiger partial charge in [0.1, 0.15) is 17.5 Å². The van der Waals surface area contributed by atoms with Crippen LogP contribution in [0.2, 0.25) is 0 Å². The molecule has 2 aromatic heterocycles. The van der Waals surface area contributed by atoms with Crippen LogP contribution in [-0.4, -0.2) is 21.4 Å². The van der Waals surface area contributed by atoms with Crippen LogP contribution in [0.5, 0.6) is 5.75 Å². The van der Waals surface area contributed by atoms with E-state index in [2.05, 4.69) is 23.3 Å². The zero-order valence-electron chi connectivity index (χ0n) is 16.9. The zero-order valence-corrected chi connectivity index (χ0v) is 17.6. The van der Waals surface area contributed by atoms with Crippen LogP contribution < -0.4 is 4.74 Å². The van der Waals surface area contributed by atoms with Crippen molar-refractivity contribution in [1.29, 1.82) is 0 Å². The maximum atomic E-state index is 11.1. The normalized spacial score (nSPS) is 12.6. The van der Waals surface area contributed by atoms with E-state index in [1.54, 1.807) is 30.6 Å². The highest BCUT2D eigenvalue weighted by Gasteiger charge is 2.26. The van der Waals surface area contributed by atoms with Gasteiger partial charge >= 0.3 is 0 Å². The number of ether oxygens (including phenoxy) is 1. The van der Waals surface area contributed by atoms with Crippen molar-refractivity contribution < 1.29 is 14.4 Å². The molecule has 1 unspecified atom stereocenters. The quantitative estimate of drug-likeness (QED) is 0.456. The summed E-state index contributed by atoms with van der Waals surface area (Å²) in [5.74, 6) is 1.08.